The van der Waals surface area contributed by atoms with Gasteiger partial charge in [-0.05, 0) is 12.3 Å². The minimum Gasteiger partial charge on any atom is -0.314 e. The molecule has 132 valence electrons. The van der Waals surface area contributed by atoms with Crippen LogP contribution in [0.1, 0.15) is 68.5 Å². The van der Waals surface area contributed by atoms with Gasteiger partial charge in [-0.3, -0.25) is 0 Å². The smallest absolute Gasteiger partial charge is 0.135 e. The second-order valence-electron chi connectivity index (χ2n) is 8.16. The summed E-state index contributed by atoms with van der Waals surface area (Å²) in [4.78, 5) is 5.89. The van der Waals surface area contributed by atoms with Gasteiger partial charge in [0.2, 0.25) is 0 Å². The first kappa shape index (κ1) is 17.5. The lowest BCUT2D eigenvalue weighted by Gasteiger charge is -2.25. The summed E-state index contributed by atoms with van der Waals surface area (Å²) in [6.07, 6.45) is 4.26. The Bertz CT molecular complexity index is 680. The molecule has 0 saturated carbocycles. The number of aryl methyl sites for hydroxylation is 1. The lowest BCUT2D eigenvalue weighted by atomic mass is 9.98. The molecule has 2 aromatic heterocycles. The molecule has 2 aromatic rings. The lowest BCUT2D eigenvalue weighted by molar-refractivity contribution is 0.340. The average molecular weight is 348 g/mol. The third kappa shape index (κ3) is 3.86. The number of thiazole rings is 1. The van der Waals surface area contributed by atoms with Crippen molar-refractivity contribution in [2.24, 2.45) is 5.92 Å². The van der Waals surface area contributed by atoms with Crippen molar-refractivity contribution in [3.8, 4) is 0 Å². The summed E-state index contributed by atoms with van der Waals surface area (Å²) in [6.45, 7) is 14.0. The van der Waals surface area contributed by atoms with Crippen LogP contribution >= 0.6 is 11.3 Å². The van der Waals surface area contributed by atoms with Crippen molar-refractivity contribution < 1.29 is 0 Å². The Morgan fingerprint density at radius 1 is 1.33 bits per heavy atom. The number of nitrogens with zero attached hydrogens (tertiary/aromatic N) is 4. The predicted molar refractivity (Wildman–Crippen MR) is 98.4 cm³/mol. The fraction of sp³-hybridized carbons (Fsp3) is 0.722. The van der Waals surface area contributed by atoms with Gasteiger partial charge >= 0.3 is 0 Å². The third-order valence-corrected chi connectivity index (χ3v) is 5.94. The van der Waals surface area contributed by atoms with Gasteiger partial charge in [0.25, 0.3) is 0 Å². The highest BCUT2D eigenvalue weighted by molar-refractivity contribution is 7.11. The maximum Gasteiger partial charge on any atom is 0.135 e. The highest BCUT2D eigenvalue weighted by Gasteiger charge is 2.24. The molecule has 1 atom stereocenters. The zero-order valence-corrected chi connectivity index (χ0v) is 16.3. The van der Waals surface area contributed by atoms with Crippen LogP contribution in [0.2, 0.25) is 0 Å². The van der Waals surface area contributed by atoms with Crippen molar-refractivity contribution in [1.82, 2.24) is 25.1 Å². The van der Waals surface area contributed by atoms with Crippen molar-refractivity contribution in [2.75, 3.05) is 6.54 Å². The second kappa shape index (κ2) is 6.92. The van der Waals surface area contributed by atoms with Crippen LogP contribution < -0.4 is 5.32 Å². The SMILES string of the molecule is CC(C)c1nnc2n1C[C@H](CNCc1cnc(C(C)(C)C)s1)CC2. The van der Waals surface area contributed by atoms with E-state index in [2.05, 4.69) is 59.7 Å². The van der Waals surface area contributed by atoms with Crippen molar-refractivity contribution in [3.05, 3.63) is 27.7 Å². The Balaban J connectivity index is 1.53. The van der Waals surface area contributed by atoms with E-state index in [9.17, 15) is 0 Å². The fourth-order valence-corrected chi connectivity index (χ4v) is 4.08. The summed E-state index contributed by atoms with van der Waals surface area (Å²) in [5.74, 6) is 3.38. The molecule has 0 unspecified atom stereocenters. The molecular formula is C18H29N5S. The lowest BCUT2D eigenvalue weighted by Crippen LogP contribution is -2.30. The van der Waals surface area contributed by atoms with Crippen molar-refractivity contribution >= 4 is 11.3 Å². The number of fused-ring (bicyclic) bond motifs is 1. The maximum atomic E-state index is 4.56. The van der Waals surface area contributed by atoms with Gasteiger partial charge in [-0.2, -0.15) is 0 Å². The second-order valence-corrected chi connectivity index (χ2v) is 9.27. The quantitative estimate of drug-likeness (QED) is 0.899. The largest absolute Gasteiger partial charge is 0.314 e. The van der Waals surface area contributed by atoms with Gasteiger partial charge in [0.1, 0.15) is 11.6 Å². The summed E-state index contributed by atoms with van der Waals surface area (Å²) in [6, 6.07) is 0. The van der Waals surface area contributed by atoms with Crippen molar-refractivity contribution in [2.45, 2.75) is 71.9 Å². The van der Waals surface area contributed by atoms with Crippen LogP contribution in [0.25, 0.3) is 0 Å². The summed E-state index contributed by atoms with van der Waals surface area (Å²) in [5, 5.41) is 13.6. The van der Waals surface area contributed by atoms with Crippen molar-refractivity contribution in [1.29, 1.82) is 0 Å². The van der Waals surface area contributed by atoms with E-state index >= 15 is 0 Å². The topological polar surface area (TPSA) is 55.6 Å². The van der Waals surface area contributed by atoms with E-state index in [1.54, 1.807) is 0 Å². The molecule has 3 rings (SSSR count). The van der Waals surface area contributed by atoms with Crippen LogP contribution in [0, 0.1) is 5.92 Å². The molecule has 0 fully saturated rings. The normalized spacial score (nSPS) is 18.2. The van der Waals surface area contributed by atoms with Crippen LogP contribution in [0.4, 0.5) is 0 Å². The molecule has 1 N–H and O–H groups in total. The minimum absolute atomic E-state index is 0.143. The monoisotopic (exact) mass is 347 g/mol. The highest BCUT2D eigenvalue weighted by atomic mass is 32.1. The van der Waals surface area contributed by atoms with E-state index in [1.165, 1.54) is 16.3 Å². The first-order valence-corrected chi connectivity index (χ1v) is 9.74. The highest BCUT2D eigenvalue weighted by Crippen LogP contribution is 2.27. The van der Waals surface area contributed by atoms with Gasteiger partial charge in [0.15, 0.2) is 0 Å². The molecule has 24 heavy (non-hydrogen) atoms. The number of aromatic nitrogens is 4. The molecule has 1 aliphatic rings. The molecule has 0 amide bonds. The zero-order chi connectivity index (χ0) is 17.3. The van der Waals surface area contributed by atoms with Gasteiger partial charge in [-0.25, -0.2) is 4.98 Å². The van der Waals surface area contributed by atoms with Gasteiger partial charge in [0.05, 0.1) is 5.01 Å². The number of rotatable bonds is 5. The molecule has 3 heterocycles. The van der Waals surface area contributed by atoms with Crippen LogP contribution in [0.3, 0.4) is 0 Å². The third-order valence-electron chi connectivity index (χ3n) is 4.52. The molecule has 0 aliphatic carbocycles. The standard InChI is InChI=1S/C18H29N5S/c1-12(2)16-22-21-15-7-6-13(11-23(15)16)8-19-9-14-10-20-17(24-14)18(3,4)5/h10,12-13,19H,6-9,11H2,1-5H3/t13-/m0/s1. The van der Waals surface area contributed by atoms with Gasteiger partial charge < -0.3 is 9.88 Å². The molecule has 0 radical (unpaired) electrons. The Labute approximate surface area is 148 Å². The number of hydrogen-bond donors (Lipinski definition) is 1. The zero-order valence-electron chi connectivity index (χ0n) is 15.5. The Kier molecular flexibility index (Phi) is 5.06. The summed E-state index contributed by atoms with van der Waals surface area (Å²) in [7, 11) is 0. The van der Waals surface area contributed by atoms with E-state index in [0.717, 1.165) is 37.7 Å². The molecule has 0 spiro atoms. The molecule has 0 saturated heterocycles. The van der Waals surface area contributed by atoms with Crippen LogP contribution in [-0.2, 0) is 24.9 Å². The Morgan fingerprint density at radius 3 is 2.79 bits per heavy atom. The summed E-state index contributed by atoms with van der Waals surface area (Å²) < 4.78 is 2.34. The van der Waals surface area contributed by atoms with Crippen LogP contribution in [-0.4, -0.2) is 26.3 Å². The van der Waals surface area contributed by atoms with Gasteiger partial charge in [0, 0.05) is 48.5 Å². The van der Waals surface area contributed by atoms with E-state index in [4.69, 9.17) is 0 Å². The van der Waals surface area contributed by atoms with Gasteiger partial charge in [-0.1, -0.05) is 34.6 Å². The van der Waals surface area contributed by atoms with E-state index in [1.807, 2.05) is 17.5 Å². The molecule has 5 nitrogen and oxygen atoms in total. The Morgan fingerprint density at radius 2 is 2.12 bits per heavy atom. The molecule has 6 heteroatoms. The minimum atomic E-state index is 0.143. The fourth-order valence-electron chi connectivity index (χ4n) is 3.14. The van der Waals surface area contributed by atoms with E-state index in [0.29, 0.717) is 11.8 Å². The van der Waals surface area contributed by atoms with Gasteiger partial charge in [-0.15, -0.1) is 21.5 Å². The first-order chi connectivity index (χ1) is 11.3. The number of nitrogens with one attached hydrogen (secondary N) is 1. The van der Waals surface area contributed by atoms with E-state index < -0.39 is 0 Å². The van der Waals surface area contributed by atoms with E-state index in [-0.39, 0.29) is 5.41 Å². The van der Waals surface area contributed by atoms with Crippen molar-refractivity contribution in [3.63, 3.8) is 0 Å². The maximum absolute atomic E-state index is 4.56. The van der Waals surface area contributed by atoms with Crippen LogP contribution in [0.15, 0.2) is 6.20 Å². The number of hydrogen-bond acceptors (Lipinski definition) is 5. The molecular weight excluding hydrogens is 318 g/mol. The summed E-state index contributed by atoms with van der Waals surface area (Å²) in [5.41, 5.74) is 0.143. The molecule has 0 aromatic carbocycles. The first-order valence-electron chi connectivity index (χ1n) is 8.92. The molecule has 0 bridgehead atoms. The summed E-state index contributed by atoms with van der Waals surface area (Å²) >= 11 is 1.82. The average Bonchev–Trinajstić information content (AvgIpc) is 3.12. The predicted octanol–water partition coefficient (Wildman–Crippen LogP) is 3.51. The molecule has 1 aliphatic heterocycles. The van der Waals surface area contributed by atoms with Crippen LogP contribution in [0.5, 0.6) is 0 Å². The Hall–Kier alpha value is -1.27.